The van der Waals surface area contributed by atoms with Gasteiger partial charge in [0, 0.05) is 16.8 Å². The Balaban J connectivity index is 1.95. The Morgan fingerprint density at radius 2 is 2.62 bits per heavy atom. The van der Waals surface area contributed by atoms with Crippen LogP contribution in [0.1, 0.15) is 0 Å². The number of carbonyl (C=O) groups excluding carboxylic acids is 1. The molecule has 0 bridgehead atoms. The highest BCUT2D eigenvalue weighted by Crippen LogP contribution is 2.32. The SMILES string of the molecule is NC(=O)SCC1CS1. The number of nitrogens with two attached hydrogens (primary N) is 1. The summed E-state index contributed by atoms with van der Waals surface area (Å²) < 4.78 is 0. The molecule has 1 atom stereocenters. The van der Waals surface area contributed by atoms with Crippen LogP contribution in [-0.2, 0) is 0 Å². The van der Waals surface area contributed by atoms with Crippen LogP contribution >= 0.6 is 23.5 Å². The molecule has 1 rings (SSSR count). The van der Waals surface area contributed by atoms with E-state index in [4.69, 9.17) is 5.73 Å². The predicted octanol–water partition coefficient (Wildman–Crippen LogP) is 0.914. The molecular weight excluding hydrogens is 142 g/mol. The fraction of sp³-hybridized carbons (Fsp3) is 0.750. The highest BCUT2D eigenvalue weighted by molar-refractivity contribution is 8.15. The monoisotopic (exact) mass is 149 g/mol. The summed E-state index contributed by atoms with van der Waals surface area (Å²) in [6.07, 6.45) is 0. The maximum atomic E-state index is 10.1. The Bertz CT molecular complexity index is 102. The fourth-order valence-electron chi connectivity index (χ4n) is 0.339. The average molecular weight is 149 g/mol. The van der Waals surface area contributed by atoms with Gasteiger partial charge >= 0.3 is 0 Å². The van der Waals surface area contributed by atoms with Crippen LogP contribution in [0.3, 0.4) is 0 Å². The van der Waals surface area contributed by atoms with Gasteiger partial charge in [-0.1, -0.05) is 11.8 Å². The Kier molecular flexibility index (Phi) is 2.08. The molecule has 1 fully saturated rings. The van der Waals surface area contributed by atoms with Crippen molar-refractivity contribution in [1.29, 1.82) is 0 Å². The van der Waals surface area contributed by atoms with Crippen molar-refractivity contribution in [2.24, 2.45) is 5.73 Å². The van der Waals surface area contributed by atoms with Crippen LogP contribution < -0.4 is 5.73 Å². The van der Waals surface area contributed by atoms with Gasteiger partial charge in [0.25, 0.3) is 5.24 Å². The van der Waals surface area contributed by atoms with Gasteiger partial charge in [-0.3, -0.25) is 4.79 Å². The summed E-state index contributed by atoms with van der Waals surface area (Å²) in [5.74, 6) is 2.11. The van der Waals surface area contributed by atoms with Gasteiger partial charge in [0.1, 0.15) is 0 Å². The van der Waals surface area contributed by atoms with Gasteiger partial charge in [-0.25, -0.2) is 0 Å². The van der Waals surface area contributed by atoms with Crippen molar-refractivity contribution < 1.29 is 4.79 Å². The highest BCUT2D eigenvalue weighted by Gasteiger charge is 2.22. The number of thioether (sulfide) groups is 2. The van der Waals surface area contributed by atoms with E-state index >= 15 is 0 Å². The van der Waals surface area contributed by atoms with Gasteiger partial charge in [0.15, 0.2) is 0 Å². The minimum Gasteiger partial charge on any atom is -0.361 e. The quantitative estimate of drug-likeness (QED) is 0.593. The largest absolute Gasteiger partial charge is 0.361 e. The molecule has 0 aromatic rings. The molecule has 1 unspecified atom stereocenters. The van der Waals surface area contributed by atoms with Crippen LogP contribution in [-0.4, -0.2) is 22.0 Å². The Morgan fingerprint density at radius 1 is 2.00 bits per heavy atom. The molecule has 4 heteroatoms. The molecule has 0 spiro atoms. The summed E-state index contributed by atoms with van der Waals surface area (Å²) in [6.45, 7) is 0. The first-order chi connectivity index (χ1) is 3.79. The molecule has 0 aromatic heterocycles. The van der Waals surface area contributed by atoms with Crippen molar-refractivity contribution in [2.75, 3.05) is 11.5 Å². The molecular formula is C4H7NOS2. The molecule has 1 aliphatic heterocycles. The fourth-order valence-corrected chi connectivity index (χ4v) is 1.80. The van der Waals surface area contributed by atoms with Crippen LogP contribution in [0.25, 0.3) is 0 Å². The molecule has 0 aromatic carbocycles. The summed E-state index contributed by atoms with van der Waals surface area (Å²) in [5.41, 5.74) is 4.88. The van der Waals surface area contributed by atoms with E-state index in [0.717, 1.165) is 5.75 Å². The average Bonchev–Trinajstić information content (AvgIpc) is 2.41. The number of hydrogen-bond acceptors (Lipinski definition) is 3. The number of primary amides is 1. The number of rotatable bonds is 2. The zero-order valence-electron chi connectivity index (χ0n) is 4.29. The van der Waals surface area contributed by atoms with Crippen molar-refractivity contribution in [2.45, 2.75) is 5.25 Å². The van der Waals surface area contributed by atoms with E-state index in [1.807, 2.05) is 11.8 Å². The molecule has 1 saturated heterocycles. The third-order valence-electron chi connectivity index (χ3n) is 0.814. The number of amides is 1. The first-order valence-electron chi connectivity index (χ1n) is 2.33. The molecule has 0 saturated carbocycles. The third-order valence-corrected chi connectivity index (χ3v) is 2.85. The summed E-state index contributed by atoms with van der Waals surface area (Å²) >= 11 is 3.10. The van der Waals surface area contributed by atoms with Crippen molar-refractivity contribution in [3.63, 3.8) is 0 Å². The summed E-state index contributed by atoms with van der Waals surface area (Å²) in [6, 6.07) is 0. The van der Waals surface area contributed by atoms with Gasteiger partial charge in [-0.05, 0) is 0 Å². The summed E-state index contributed by atoms with van der Waals surface area (Å²) in [7, 11) is 0. The lowest BCUT2D eigenvalue weighted by atomic mass is 10.6. The second-order valence-corrected chi connectivity index (χ2v) is 3.94. The van der Waals surface area contributed by atoms with Crippen molar-refractivity contribution in [3.05, 3.63) is 0 Å². The minimum atomic E-state index is -0.252. The predicted molar refractivity (Wildman–Crippen MR) is 38.3 cm³/mol. The molecule has 1 aliphatic rings. The van der Waals surface area contributed by atoms with Crippen LogP contribution in [0.4, 0.5) is 4.79 Å². The van der Waals surface area contributed by atoms with E-state index in [2.05, 4.69) is 0 Å². The van der Waals surface area contributed by atoms with Gasteiger partial charge in [0.2, 0.25) is 0 Å². The zero-order valence-corrected chi connectivity index (χ0v) is 5.93. The molecule has 0 radical (unpaired) electrons. The van der Waals surface area contributed by atoms with Crippen LogP contribution in [0.5, 0.6) is 0 Å². The van der Waals surface area contributed by atoms with Gasteiger partial charge < -0.3 is 5.73 Å². The first kappa shape index (κ1) is 6.29. The molecule has 0 aliphatic carbocycles. The van der Waals surface area contributed by atoms with Crippen molar-refractivity contribution in [3.8, 4) is 0 Å². The summed E-state index contributed by atoms with van der Waals surface area (Å²) in [4.78, 5) is 10.1. The van der Waals surface area contributed by atoms with Gasteiger partial charge in [0.05, 0.1) is 0 Å². The lowest BCUT2D eigenvalue weighted by Gasteiger charge is -1.87. The first-order valence-corrected chi connectivity index (χ1v) is 4.36. The van der Waals surface area contributed by atoms with Crippen LogP contribution in [0.2, 0.25) is 0 Å². The lowest BCUT2D eigenvalue weighted by molar-refractivity contribution is 0.267. The normalized spacial score (nSPS) is 25.2. The summed E-state index contributed by atoms with van der Waals surface area (Å²) in [5, 5.41) is 0.463. The van der Waals surface area contributed by atoms with E-state index in [0.29, 0.717) is 5.25 Å². The third kappa shape index (κ3) is 2.47. The lowest BCUT2D eigenvalue weighted by Crippen LogP contribution is -2.04. The van der Waals surface area contributed by atoms with Gasteiger partial charge in [-0.15, -0.1) is 0 Å². The topological polar surface area (TPSA) is 43.1 Å². The Morgan fingerprint density at radius 3 is 3.00 bits per heavy atom. The molecule has 1 amide bonds. The highest BCUT2D eigenvalue weighted by atomic mass is 32.2. The Hall–Kier alpha value is 0.170. The molecule has 8 heavy (non-hydrogen) atoms. The van der Waals surface area contributed by atoms with Crippen molar-refractivity contribution >= 4 is 28.8 Å². The van der Waals surface area contributed by atoms with E-state index in [1.165, 1.54) is 17.5 Å². The van der Waals surface area contributed by atoms with Crippen LogP contribution in [0.15, 0.2) is 0 Å². The standard InChI is InChI=1S/C4H7NOS2/c5-4(6)8-2-3-1-7-3/h3H,1-2H2,(H2,5,6). The van der Waals surface area contributed by atoms with E-state index in [-0.39, 0.29) is 5.24 Å². The van der Waals surface area contributed by atoms with E-state index in [1.54, 1.807) is 0 Å². The molecule has 1 heterocycles. The van der Waals surface area contributed by atoms with E-state index < -0.39 is 0 Å². The van der Waals surface area contributed by atoms with E-state index in [9.17, 15) is 4.79 Å². The molecule has 46 valence electrons. The maximum Gasteiger partial charge on any atom is 0.276 e. The second kappa shape index (κ2) is 2.64. The second-order valence-electron chi connectivity index (χ2n) is 1.59. The Labute approximate surface area is 56.6 Å². The zero-order chi connectivity index (χ0) is 5.98. The minimum absolute atomic E-state index is 0.252. The molecule has 2 N–H and O–H groups in total. The van der Waals surface area contributed by atoms with Crippen molar-refractivity contribution in [1.82, 2.24) is 0 Å². The maximum absolute atomic E-state index is 10.1. The van der Waals surface area contributed by atoms with Gasteiger partial charge in [-0.2, -0.15) is 11.8 Å². The number of carbonyl (C=O) groups is 1. The number of hydrogen-bond donors (Lipinski definition) is 1. The van der Waals surface area contributed by atoms with Crippen LogP contribution in [0, 0.1) is 0 Å². The molecule has 2 nitrogen and oxygen atoms in total. The smallest absolute Gasteiger partial charge is 0.276 e.